The molecule has 0 aliphatic carbocycles. The van der Waals surface area contributed by atoms with Crippen LogP contribution in [0.25, 0.3) is 0 Å². The summed E-state index contributed by atoms with van der Waals surface area (Å²) in [6.07, 6.45) is 3.45. The van der Waals surface area contributed by atoms with E-state index in [0.29, 0.717) is 6.42 Å². The van der Waals surface area contributed by atoms with Crippen LogP contribution in [-0.4, -0.2) is 25.2 Å². The molecule has 0 amide bonds. The molecule has 0 radical (unpaired) electrons. The second-order valence-corrected chi connectivity index (χ2v) is 6.12. The lowest BCUT2D eigenvalue weighted by Crippen LogP contribution is -2.23. The molecule has 0 spiro atoms. The van der Waals surface area contributed by atoms with Gasteiger partial charge in [0.25, 0.3) is 0 Å². The number of ether oxygens (including phenoxy) is 1. The minimum Gasteiger partial charge on any atom is -0.460 e. The van der Waals surface area contributed by atoms with Gasteiger partial charge in [-0.2, -0.15) is 0 Å². The predicted molar refractivity (Wildman–Crippen MR) is 88.8 cm³/mol. The topological polar surface area (TPSA) is 50.4 Å². The van der Waals surface area contributed by atoms with Gasteiger partial charge in [0, 0.05) is 20.0 Å². The first-order valence-electron chi connectivity index (χ1n) is 7.65. The molecule has 0 saturated carbocycles. The van der Waals surface area contributed by atoms with E-state index in [0.717, 1.165) is 37.2 Å². The van der Waals surface area contributed by atoms with Crippen molar-refractivity contribution in [2.24, 2.45) is 0 Å². The summed E-state index contributed by atoms with van der Waals surface area (Å²) in [4.78, 5) is 11.6. The monoisotopic (exact) mass is 292 g/mol. The van der Waals surface area contributed by atoms with Crippen molar-refractivity contribution in [1.29, 1.82) is 0 Å². The quantitative estimate of drug-likeness (QED) is 0.561. The first-order valence-corrected chi connectivity index (χ1v) is 7.65. The Hall–Kier alpha value is -1.71. The molecule has 0 bridgehead atoms. The average molecular weight is 292 g/mol. The van der Waals surface area contributed by atoms with Crippen LogP contribution in [-0.2, 0) is 9.53 Å². The Balaban J connectivity index is 2.14. The zero-order valence-electron chi connectivity index (χ0n) is 13.7. The first-order chi connectivity index (χ1) is 9.92. The number of anilines is 2. The van der Waals surface area contributed by atoms with E-state index in [-0.39, 0.29) is 11.6 Å². The molecule has 1 aromatic carbocycles. The molecule has 0 saturated heterocycles. The normalized spacial score (nSPS) is 11.0. The second-order valence-electron chi connectivity index (χ2n) is 6.12. The molecule has 4 nitrogen and oxygen atoms in total. The van der Waals surface area contributed by atoms with Crippen molar-refractivity contribution in [1.82, 2.24) is 0 Å². The lowest BCUT2D eigenvalue weighted by molar-refractivity contribution is -0.154. The van der Waals surface area contributed by atoms with E-state index in [9.17, 15) is 4.79 Å². The molecule has 118 valence electrons. The highest BCUT2D eigenvalue weighted by Crippen LogP contribution is 2.20. The molecule has 0 heterocycles. The predicted octanol–water partition coefficient (Wildman–Crippen LogP) is 4.04. The Morgan fingerprint density at radius 2 is 1.76 bits per heavy atom. The molecule has 0 aliphatic heterocycles. The van der Waals surface area contributed by atoms with Crippen LogP contribution in [0, 0.1) is 0 Å². The Morgan fingerprint density at radius 3 is 2.38 bits per heavy atom. The van der Waals surface area contributed by atoms with Crippen LogP contribution in [0.1, 0.15) is 46.5 Å². The van der Waals surface area contributed by atoms with Gasteiger partial charge in [-0.25, -0.2) is 0 Å². The van der Waals surface area contributed by atoms with Gasteiger partial charge in [-0.15, -0.1) is 0 Å². The van der Waals surface area contributed by atoms with Gasteiger partial charge < -0.3 is 15.4 Å². The summed E-state index contributed by atoms with van der Waals surface area (Å²) >= 11 is 0. The molecule has 21 heavy (non-hydrogen) atoms. The summed E-state index contributed by atoms with van der Waals surface area (Å²) in [6.45, 7) is 6.60. The van der Waals surface area contributed by atoms with Gasteiger partial charge in [-0.05, 0) is 45.7 Å². The average Bonchev–Trinajstić information content (AvgIpc) is 2.41. The van der Waals surface area contributed by atoms with Crippen molar-refractivity contribution in [2.45, 2.75) is 52.1 Å². The van der Waals surface area contributed by atoms with Crippen LogP contribution in [0.3, 0.4) is 0 Å². The van der Waals surface area contributed by atoms with Gasteiger partial charge in [0.15, 0.2) is 0 Å². The zero-order valence-corrected chi connectivity index (χ0v) is 13.7. The van der Waals surface area contributed by atoms with Crippen LogP contribution in [0.4, 0.5) is 11.4 Å². The molecule has 4 heteroatoms. The van der Waals surface area contributed by atoms with E-state index in [1.54, 1.807) is 0 Å². The van der Waals surface area contributed by atoms with E-state index in [2.05, 4.69) is 16.7 Å². The number of unbranched alkanes of at least 4 members (excludes halogenated alkanes) is 2. The summed E-state index contributed by atoms with van der Waals surface area (Å²) in [6, 6.07) is 8.14. The summed E-state index contributed by atoms with van der Waals surface area (Å²) < 4.78 is 5.28. The highest BCUT2D eigenvalue weighted by atomic mass is 16.6. The molecule has 0 unspecified atom stereocenters. The number of rotatable bonds is 8. The molecule has 0 atom stereocenters. The van der Waals surface area contributed by atoms with Crippen molar-refractivity contribution >= 4 is 17.3 Å². The third kappa shape index (κ3) is 7.59. The standard InChI is InChI=1S/C17H28N2O2/c1-17(2,3)21-16(20)12-6-5-9-13-19-15-11-8-7-10-14(15)18-4/h7-8,10-11,18-19H,5-6,9,12-13H2,1-4H3. The van der Waals surface area contributed by atoms with Gasteiger partial charge in [0.1, 0.15) is 5.60 Å². The summed E-state index contributed by atoms with van der Waals surface area (Å²) in [5.74, 6) is -0.101. The Kier molecular flexibility index (Phi) is 7.06. The SMILES string of the molecule is CNc1ccccc1NCCCCCC(=O)OC(C)(C)C. The van der Waals surface area contributed by atoms with Crippen molar-refractivity contribution in [3.05, 3.63) is 24.3 Å². The smallest absolute Gasteiger partial charge is 0.306 e. The van der Waals surface area contributed by atoms with Crippen molar-refractivity contribution in [3.8, 4) is 0 Å². The van der Waals surface area contributed by atoms with E-state index in [1.807, 2.05) is 46.0 Å². The fourth-order valence-electron chi connectivity index (χ4n) is 2.04. The third-order valence-corrected chi connectivity index (χ3v) is 2.99. The number of benzene rings is 1. The molecule has 0 aliphatic rings. The van der Waals surface area contributed by atoms with Crippen molar-refractivity contribution < 1.29 is 9.53 Å². The molecule has 1 rings (SSSR count). The molecular formula is C17H28N2O2. The van der Waals surface area contributed by atoms with Crippen LogP contribution in [0.2, 0.25) is 0 Å². The van der Waals surface area contributed by atoms with Gasteiger partial charge >= 0.3 is 5.97 Å². The molecular weight excluding hydrogens is 264 g/mol. The lowest BCUT2D eigenvalue weighted by Gasteiger charge is -2.19. The third-order valence-electron chi connectivity index (χ3n) is 2.99. The summed E-state index contributed by atoms with van der Waals surface area (Å²) in [5, 5.41) is 6.57. The number of hydrogen-bond donors (Lipinski definition) is 2. The van der Waals surface area contributed by atoms with E-state index < -0.39 is 0 Å². The first kappa shape index (κ1) is 17.3. The highest BCUT2D eigenvalue weighted by molar-refractivity contribution is 5.69. The maximum atomic E-state index is 11.6. The molecule has 0 fully saturated rings. The van der Waals surface area contributed by atoms with Crippen molar-refractivity contribution in [2.75, 3.05) is 24.2 Å². The maximum Gasteiger partial charge on any atom is 0.306 e. The van der Waals surface area contributed by atoms with Gasteiger partial charge in [-0.3, -0.25) is 4.79 Å². The minimum atomic E-state index is -0.379. The minimum absolute atomic E-state index is 0.101. The Labute approximate surface area is 128 Å². The fourth-order valence-corrected chi connectivity index (χ4v) is 2.04. The van der Waals surface area contributed by atoms with Crippen molar-refractivity contribution in [3.63, 3.8) is 0 Å². The van der Waals surface area contributed by atoms with E-state index >= 15 is 0 Å². The van der Waals surface area contributed by atoms with Crippen LogP contribution >= 0.6 is 0 Å². The number of nitrogens with one attached hydrogen (secondary N) is 2. The summed E-state index contributed by atoms with van der Waals surface area (Å²) in [5.41, 5.74) is 1.84. The second kappa shape index (κ2) is 8.55. The van der Waals surface area contributed by atoms with Crippen LogP contribution in [0.5, 0.6) is 0 Å². The molecule has 1 aromatic rings. The Bertz CT molecular complexity index is 439. The van der Waals surface area contributed by atoms with Crippen LogP contribution < -0.4 is 10.6 Å². The molecule has 0 aromatic heterocycles. The Morgan fingerprint density at radius 1 is 1.10 bits per heavy atom. The number of para-hydroxylation sites is 2. The van der Waals surface area contributed by atoms with E-state index in [1.165, 1.54) is 0 Å². The van der Waals surface area contributed by atoms with Gasteiger partial charge in [0.05, 0.1) is 11.4 Å². The lowest BCUT2D eigenvalue weighted by atomic mass is 10.1. The number of carbonyl (C=O) groups is 1. The fraction of sp³-hybridized carbons (Fsp3) is 0.588. The van der Waals surface area contributed by atoms with Crippen LogP contribution in [0.15, 0.2) is 24.3 Å². The maximum absolute atomic E-state index is 11.6. The zero-order chi connectivity index (χ0) is 15.7. The summed E-state index contributed by atoms with van der Waals surface area (Å²) in [7, 11) is 1.92. The number of carbonyl (C=O) groups excluding carboxylic acids is 1. The van der Waals surface area contributed by atoms with Gasteiger partial charge in [-0.1, -0.05) is 18.6 Å². The number of esters is 1. The molecule has 2 N–H and O–H groups in total. The number of hydrogen-bond acceptors (Lipinski definition) is 4. The van der Waals surface area contributed by atoms with E-state index in [4.69, 9.17) is 4.74 Å². The highest BCUT2D eigenvalue weighted by Gasteiger charge is 2.15. The van der Waals surface area contributed by atoms with Gasteiger partial charge in [0.2, 0.25) is 0 Å². The largest absolute Gasteiger partial charge is 0.460 e.